The highest BCUT2D eigenvalue weighted by Crippen LogP contribution is 2.17. The topological polar surface area (TPSA) is 29.1 Å². The highest BCUT2D eigenvalue weighted by molar-refractivity contribution is 6.30. The number of halogens is 2. The van der Waals surface area contributed by atoms with Crippen LogP contribution in [0.4, 0.5) is 4.39 Å². The van der Waals surface area contributed by atoms with Crippen molar-refractivity contribution in [3.05, 3.63) is 34.6 Å². The summed E-state index contributed by atoms with van der Waals surface area (Å²) in [5, 5.41) is 3.51. The minimum Gasteiger partial charge on any atom is -0.306 e. The van der Waals surface area contributed by atoms with Gasteiger partial charge in [-0.3, -0.25) is 4.79 Å². The maximum atomic E-state index is 13.5. The minimum absolute atomic E-state index is 0.0480. The highest BCUT2D eigenvalue weighted by Gasteiger charge is 2.26. The molecule has 0 heterocycles. The van der Waals surface area contributed by atoms with E-state index in [4.69, 9.17) is 11.6 Å². The summed E-state index contributed by atoms with van der Waals surface area (Å²) in [6.07, 6.45) is 0.0480. The second kappa shape index (κ2) is 5.61. The third kappa shape index (κ3) is 3.79. The lowest BCUT2D eigenvalue weighted by Crippen LogP contribution is -2.47. The van der Waals surface area contributed by atoms with Crippen LogP contribution in [0.2, 0.25) is 5.02 Å². The van der Waals surface area contributed by atoms with Gasteiger partial charge in [0.25, 0.3) is 0 Å². The van der Waals surface area contributed by atoms with Crippen LogP contribution in [-0.4, -0.2) is 17.9 Å². The number of nitrogens with one attached hydrogen (secondary N) is 1. The summed E-state index contributed by atoms with van der Waals surface area (Å²) < 4.78 is 13.5. The summed E-state index contributed by atoms with van der Waals surface area (Å²) in [6, 6.07) is 4.25. The third-order valence-electron chi connectivity index (χ3n) is 2.67. The zero-order chi connectivity index (χ0) is 13.1. The Balaban J connectivity index is 2.84. The molecule has 0 bridgehead atoms. The van der Waals surface area contributed by atoms with E-state index in [0.717, 1.165) is 0 Å². The molecular weight excluding hydrogens is 241 g/mol. The predicted octanol–water partition coefficient (Wildman–Crippen LogP) is 2.98. The van der Waals surface area contributed by atoms with Crippen LogP contribution in [0.15, 0.2) is 18.2 Å². The Morgan fingerprint density at radius 1 is 1.47 bits per heavy atom. The molecule has 94 valence electrons. The first-order valence-corrected chi connectivity index (χ1v) is 5.97. The largest absolute Gasteiger partial charge is 0.306 e. The lowest BCUT2D eigenvalue weighted by atomic mass is 9.93. The van der Waals surface area contributed by atoms with Gasteiger partial charge in [-0.2, -0.15) is 0 Å². The average molecular weight is 258 g/mol. The summed E-state index contributed by atoms with van der Waals surface area (Å²) in [5.41, 5.74) is -0.308. The smallest absolute Gasteiger partial charge is 0.156 e. The van der Waals surface area contributed by atoms with Crippen LogP contribution in [0.25, 0.3) is 0 Å². The van der Waals surface area contributed by atoms with E-state index < -0.39 is 11.4 Å². The molecule has 0 amide bonds. The van der Waals surface area contributed by atoms with E-state index in [1.54, 1.807) is 13.8 Å². The van der Waals surface area contributed by atoms with Gasteiger partial charge in [0.1, 0.15) is 5.82 Å². The Hall–Kier alpha value is -0.930. The Morgan fingerprint density at radius 3 is 2.71 bits per heavy atom. The number of ketones is 1. The van der Waals surface area contributed by atoms with Crippen molar-refractivity contribution in [1.82, 2.24) is 5.32 Å². The van der Waals surface area contributed by atoms with Crippen molar-refractivity contribution >= 4 is 17.4 Å². The molecule has 1 rings (SSSR count). The van der Waals surface area contributed by atoms with Crippen LogP contribution in [0.5, 0.6) is 0 Å². The number of likely N-dealkylation sites (N-methyl/N-ethyl adjacent to an activating group) is 1. The quantitative estimate of drug-likeness (QED) is 0.879. The summed E-state index contributed by atoms with van der Waals surface area (Å²) in [4.78, 5) is 12.0. The van der Waals surface area contributed by atoms with Crippen molar-refractivity contribution in [3.8, 4) is 0 Å². The SMILES string of the molecule is CCNC(C)(C)C(=O)Cc1cc(Cl)ccc1F. The summed E-state index contributed by atoms with van der Waals surface area (Å²) >= 11 is 5.78. The van der Waals surface area contributed by atoms with Gasteiger partial charge in [-0.1, -0.05) is 18.5 Å². The Bertz CT molecular complexity index is 418. The fourth-order valence-electron chi connectivity index (χ4n) is 1.61. The first kappa shape index (κ1) is 14.1. The summed E-state index contributed by atoms with van der Waals surface area (Å²) in [6.45, 7) is 6.20. The summed E-state index contributed by atoms with van der Waals surface area (Å²) in [7, 11) is 0. The normalized spacial score (nSPS) is 11.6. The van der Waals surface area contributed by atoms with E-state index in [-0.39, 0.29) is 12.2 Å². The van der Waals surface area contributed by atoms with Crippen molar-refractivity contribution < 1.29 is 9.18 Å². The Labute approximate surface area is 106 Å². The number of rotatable bonds is 5. The van der Waals surface area contributed by atoms with Crippen LogP contribution in [0, 0.1) is 5.82 Å². The second-order valence-corrected chi connectivity index (χ2v) is 4.93. The van der Waals surface area contributed by atoms with E-state index in [9.17, 15) is 9.18 Å². The van der Waals surface area contributed by atoms with Crippen LogP contribution in [0.3, 0.4) is 0 Å². The lowest BCUT2D eigenvalue weighted by molar-refractivity contribution is -0.123. The van der Waals surface area contributed by atoms with Crippen molar-refractivity contribution in [2.24, 2.45) is 0 Å². The maximum Gasteiger partial charge on any atom is 0.156 e. The van der Waals surface area contributed by atoms with Gasteiger partial charge in [-0.05, 0) is 44.2 Å². The summed E-state index contributed by atoms with van der Waals surface area (Å²) in [5.74, 6) is -0.449. The molecule has 0 unspecified atom stereocenters. The van der Waals surface area contributed by atoms with E-state index in [1.165, 1.54) is 18.2 Å². The van der Waals surface area contributed by atoms with Crippen LogP contribution < -0.4 is 5.32 Å². The number of hydrogen-bond donors (Lipinski definition) is 1. The van der Waals surface area contributed by atoms with E-state index in [2.05, 4.69) is 5.32 Å². The fourth-order valence-corrected chi connectivity index (χ4v) is 1.81. The van der Waals surface area contributed by atoms with Crippen LogP contribution >= 0.6 is 11.6 Å². The highest BCUT2D eigenvalue weighted by atomic mass is 35.5. The maximum absolute atomic E-state index is 13.5. The number of carbonyl (C=O) groups is 1. The van der Waals surface area contributed by atoms with Crippen molar-refractivity contribution in [3.63, 3.8) is 0 Å². The molecule has 4 heteroatoms. The Kier molecular flexibility index (Phi) is 4.66. The molecule has 1 N–H and O–H groups in total. The molecule has 0 spiro atoms. The number of Topliss-reactive ketones (excluding diaryl/α,β-unsaturated/α-hetero) is 1. The monoisotopic (exact) mass is 257 g/mol. The molecule has 0 aliphatic heterocycles. The standard InChI is InChI=1S/C13H17ClFNO/c1-4-16-13(2,3)12(17)8-9-7-10(14)5-6-11(9)15/h5-7,16H,4,8H2,1-3H3. The van der Waals surface area contributed by atoms with E-state index >= 15 is 0 Å². The second-order valence-electron chi connectivity index (χ2n) is 4.49. The number of hydrogen-bond acceptors (Lipinski definition) is 2. The third-order valence-corrected chi connectivity index (χ3v) is 2.91. The van der Waals surface area contributed by atoms with Crippen molar-refractivity contribution in [2.75, 3.05) is 6.54 Å². The first-order chi connectivity index (χ1) is 7.86. The van der Waals surface area contributed by atoms with Gasteiger partial charge in [-0.25, -0.2) is 4.39 Å². The van der Waals surface area contributed by atoms with Gasteiger partial charge in [0.05, 0.1) is 5.54 Å². The van der Waals surface area contributed by atoms with Gasteiger partial charge >= 0.3 is 0 Å². The molecule has 0 saturated heterocycles. The molecule has 0 aliphatic rings. The van der Waals surface area contributed by atoms with Gasteiger partial charge < -0.3 is 5.32 Å². The molecule has 0 aliphatic carbocycles. The molecule has 1 aromatic rings. The average Bonchev–Trinajstić information content (AvgIpc) is 2.23. The van der Waals surface area contributed by atoms with E-state index in [0.29, 0.717) is 17.1 Å². The molecular formula is C13H17ClFNO. The number of carbonyl (C=O) groups excluding carboxylic acids is 1. The van der Waals surface area contributed by atoms with E-state index in [1.807, 2.05) is 6.92 Å². The molecule has 0 atom stereocenters. The predicted molar refractivity (Wildman–Crippen MR) is 67.9 cm³/mol. The molecule has 17 heavy (non-hydrogen) atoms. The molecule has 2 nitrogen and oxygen atoms in total. The minimum atomic E-state index is -0.649. The fraction of sp³-hybridized carbons (Fsp3) is 0.462. The number of benzene rings is 1. The van der Waals surface area contributed by atoms with Gasteiger partial charge in [0.15, 0.2) is 5.78 Å². The van der Waals surface area contributed by atoms with Crippen LogP contribution in [0.1, 0.15) is 26.3 Å². The lowest BCUT2D eigenvalue weighted by Gasteiger charge is -2.24. The molecule has 1 aromatic carbocycles. The first-order valence-electron chi connectivity index (χ1n) is 5.59. The van der Waals surface area contributed by atoms with Crippen molar-refractivity contribution in [1.29, 1.82) is 0 Å². The molecule has 0 radical (unpaired) electrons. The van der Waals surface area contributed by atoms with Gasteiger partial charge in [0, 0.05) is 11.4 Å². The Morgan fingerprint density at radius 2 is 2.12 bits per heavy atom. The van der Waals surface area contributed by atoms with Gasteiger partial charge in [0.2, 0.25) is 0 Å². The van der Waals surface area contributed by atoms with Crippen LogP contribution in [-0.2, 0) is 11.2 Å². The molecule has 0 fully saturated rings. The zero-order valence-corrected chi connectivity index (χ0v) is 11.1. The zero-order valence-electron chi connectivity index (χ0n) is 10.3. The molecule has 0 saturated carbocycles. The van der Waals surface area contributed by atoms with Crippen molar-refractivity contribution in [2.45, 2.75) is 32.7 Å². The van der Waals surface area contributed by atoms with Gasteiger partial charge in [-0.15, -0.1) is 0 Å². The molecule has 0 aromatic heterocycles.